The number of halogens is 1. The van der Waals surface area contributed by atoms with Crippen LogP contribution >= 0.6 is 15.9 Å². The predicted octanol–water partition coefficient (Wildman–Crippen LogP) is 3.86. The van der Waals surface area contributed by atoms with Crippen LogP contribution in [-0.4, -0.2) is 30.4 Å². The highest BCUT2D eigenvalue weighted by atomic mass is 79.9. The Labute approximate surface area is 146 Å². The Morgan fingerprint density at radius 3 is 2.70 bits per heavy atom. The van der Waals surface area contributed by atoms with Crippen LogP contribution in [0.2, 0.25) is 0 Å². The van der Waals surface area contributed by atoms with E-state index in [0.29, 0.717) is 0 Å². The van der Waals surface area contributed by atoms with E-state index in [1.165, 1.54) is 11.1 Å². The number of rotatable bonds is 4. The van der Waals surface area contributed by atoms with Crippen LogP contribution in [-0.2, 0) is 17.8 Å². The van der Waals surface area contributed by atoms with Gasteiger partial charge in [0.15, 0.2) is 0 Å². The fourth-order valence-electron chi connectivity index (χ4n) is 3.01. The molecular weight excluding hydrogens is 352 g/mol. The summed E-state index contributed by atoms with van der Waals surface area (Å²) in [5.41, 5.74) is 3.52. The van der Waals surface area contributed by atoms with Gasteiger partial charge in [0.1, 0.15) is 0 Å². The third-order valence-corrected chi connectivity index (χ3v) is 5.32. The molecule has 0 spiro atoms. The van der Waals surface area contributed by atoms with Crippen molar-refractivity contribution in [3.8, 4) is 0 Å². The number of anilines is 1. The lowest BCUT2D eigenvalue weighted by Crippen LogP contribution is -2.45. The predicted molar refractivity (Wildman–Crippen MR) is 97.6 cm³/mol. The smallest absolute Gasteiger partial charge is 0.244 e. The van der Waals surface area contributed by atoms with Gasteiger partial charge in [-0.25, -0.2) is 0 Å². The summed E-state index contributed by atoms with van der Waals surface area (Å²) in [5, 5.41) is 0. The van der Waals surface area contributed by atoms with E-state index in [1.807, 2.05) is 55.3 Å². The minimum atomic E-state index is -0.159. The van der Waals surface area contributed by atoms with Crippen LogP contribution < -0.4 is 4.90 Å². The molecule has 0 saturated carbocycles. The maximum Gasteiger partial charge on any atom is 0.244 e. The molecule has 3 nitrogen and oxygen atoms in total. The lowest BCUT2D eigenvalue weighted by molar-refractivity contribution is -0.122. The molecule has 0 N–H and O–H groups in total. The third-order valence-electron chi connectivity index (χ3n) is 4.55. The van der Waals surface area contributed by atoms with E-state index in [4.69, 9.17) is 0 Å². The SMILES string of the molecule is C[C@H](C(=O)N1CCc2ccccc21)N(C)Cc1ccccc1Br. The molecule has 3 rings (SSSR count). The molecule has 120 valence electrons. The van der Waals surface area contributed by atoms with E-state index < -0.39 is 0 Å². The number of nitrogens with zero attached hydrogens (tertiary/aromatic N) is 2. The third kappa shape index (κ3) is 3.33. The molecule has 1 amide bonds. The minimum Gasteiger partial charge on any atom is -0.310 e. The molecule has 0 radical (unpaired) electrons. The highest BCUT2D eigenvalue weighted by Crippen LogP contribution is 2.28. The highest BCUT2D eigenvalue weighted by Gasteiger charge is 2.29. The average Bonchev–Trinajstić information content (AvgIpc) is 2.99. The van der Waals surface area contributed by atoms with Gasteiger partial charge >= 0.3 is 0 Å². The molecule has 1 aliphatic rings. The zero-order valence-corrected chi connectivity index (χ0v) is 15.1. The standard InChI is InChI=1S/C19H21BrN2O/c1-14(21(2)13-16-8-3-5-9-17(16)20)19(23)22-12-11-15-7-4-6-10-18(15)22/h3-10,14H,11-13H2,1-2H3/t14-/m1/s1. The van der Waals surface area contributed by atoms with Crippen molar-refractivity contribution in [2.45, 2.75) is 25.9 Å². The second-order valence-corrected chi connectivity index (χ2v) is 6.91. The molecular formula is C19H21BrN2O. The van der Waals surface area contributed by atoms with E-state index in [-0.39, 0.29) is 11.9 Å². The Morgan fingerprint density at radius 1 is 1.22 bits per heavy atom. The van der Waals surface area contributed by atoms with Crippen molar-refractivity contribution in [1.29, 1.82) is 0 Å². The second kappa shape index (κ2) is 6.85. The number of carbonyl (C=O) groups excluding carboxylic acids is 1. The van der Waals surface area contributed by atoms with Crippen LogP contribution in [0.1, 0.15) is 18.1 Å². The van der Waals surface area contributed by atoms with Gasteiger partial charge < -0.3 is 4.90 Å². The van der Waals surface area contributed by atoms with Gasteiger partial charge in [0, 0.05) is 23.2 Å². The summed E-state index contributed by atoms with van der Waals surface area (Å²) in [7, 11) is 2.00. The monoisotopic (exact) mass is 372 g/mol. The van der Waals surface area contributed by atoms with Crippen molar-refractivity contribution in [1.82, 2.24) is 4.90 Å². The van der Waals surface area contributed by atoms with Gasteiger partial charge in [-0.2, -0.15) is 0 Å². The van der Waals surface area contributed by atoms with Crippen molar-refractivity contribution in [2.75, 3.05) is 18.5 Å². The van der Waals surface area contributed by atoms with Crippen LogP contribution in [0.4, 0.5) is 5.69 Å². The summed E-state index contributed by atoms with van der Waals surface area (Å²) >= 11 is 3.58. The van der Waals surface area contributed by atoms with Gasteiger partial charge in [0.2, 0.25) is 5.91 Å². The number of likely N-dealkylation sites (N-methyl/N-ethyl adjacent to an activating group) is 1. The Kier molecular flexibility index (Phi) is 4.83. The lowest BCUT2D eigenvalue weighted by atomic mass is 10.1. The summed E-state index contributed by atoms with van der Waals surface area (Å²) in [6, 6.07) is 16.2. The van der Waals surface area contributed by atoms with E-state index in [2.05, 4.69) is 33.0 Å². The number of benzene rings is 2. The molecule has 0 saturated heterocycles. The summed E-state index contributed by atoms with van der Waals surface area (Å²) < 4.78 is 1.08. The number of amides is 1. The molecule has 1 aliphatic heterocycles. The number of hydrogen-bond donors (Lipinski definition) is 0. The van der Waals surface area contributed by atoms with Crippen LogP contribution in [0.15, 0.2) is 53.0 Å². The quantitative estimate of drug-likeness (QED) is 0.813. The summed E-state index contributed by atoms with van der Waals surface area (Å²) in [4.78, 5) is 16.9. The van der Waals surface area contributed by atoms with Crippen LogP contribution in [0, 0.1) is 0 Å². The van der Waals surface area contributed by atoms with Crippen LogP contribution in [0.25, 0.3) is 0 Å². The van der Waals surface area contributed by atoms with E-state index in [9.17, 15) is 4.79 Å². The zero-order valence-electron chi connectivity index (χ0n) is 13.5. The summed E-state index contributed by atoms with van der Waals surface area (Å²) in [6.07, 6.45) is 0.947. The van der Waals surface area contributed by atoms with Gasteiger partial charge in [-0.3, -0.25) is 9.69 Å². The van der Waals surface area contributed by atoms with Crippen LogP contribution in [0.5, 0.6) is 0 Å². The summed E-state index contributed by atoms with van der Waals surface area (Å²) in [5.74, 6) is 0.171. The molecule has 0 bridgehead atoms. The Hall–Kier alpha value is -1.65. The molecule has 1 atom stereocenters. The molecule has 2 aromatic rings. The maximum absolute atomic E-state index is 12.9. The molecule has 23 heavy (non-hydrogen) atoms. The Bertz CT molecular complexity index is 716. The fraction of sp³-hybridized carbons (Fsp3) is 0.316. The Morgan fingerprint density at radius 2 is 1.91 bits per heavy atom. The maximum atomic E-state index is 12.9. The first-order valence-electron chi connectivity index (χ1n) is 7.91. The highest BCUT2D eigenvalue weighted by molar-refractivity contribution is 9.10. The van der Waals surface area contributed by atoms with Crippen molar-refractivity contribution < 1.29 is 4.79 Å². The van der Waals surface area contributed by atoms with Crippen molar-refractivity contribution in [3.05, 3.63) is 64.1 Å². The molecule has 0 fully saturated rings. The number of para-hydroxylation sites is 1. The average molecular weight is 373 g/mol. The lowest BCUT2D eigenvalue weighted by Gasteiger charge is -2.28. The largest absolute Gasteiger partial charge is 0.310 e. The first-order valence-corrected chi connectivity index (χ1v) is 8.70. The summed E-state index contributed by atoms with van der Waals surface area (Å²) in [6.45, 7) is 3.51. The van der Waals surface area contributed by atoms with Gasteiger partial charge in [-0.1, -0.05) is 52.3 Å². The van der Waals surface area contributed by atoms with Crippen LogP contribution in [0.3, 0.4) is 0 Å². The molecule has 4 heteroatoms. The fourth-order valence-corrected chi connectivity index (χ4v) is 3.42. The molecule has 2 aromatic carbocycles. The Balaban J connectivity index is 1.72. The van der Waals surface area contributed by atoms with Crippen molar-refractivity contribution >= 4 is 27.5 Å². The number of carbonyl (C=O) groups is 1. The normalized spacial score (nSPS) is 14.9. The van der Waals surface area contributed by atoms with Gasteiger partial charge in [-0.15, -0.1) is 0 Å². The number of hydrogen-bond acceptors (Lipinski definition) is 2. The van der Waals surface area contributed by atoms with Gasteiger partial charge in [0.05, 0.1) is 6.04 Å². The van der Waals surface area contributed by atoms with E-state index in [1.54, 1.807) is 0 Å². The topological polar surface area (TPSA) is 23.6 Å². The second-order valence-electron chi connectivity index (χ2n) is 6.05. The first-order chi connectivity index (χ1) is 11.1. The van der Waals surface area contributed by atoms with Gasteiger partial charge in [-0.05, 0) is 43.7 Å². The van der Waals surface area contributed by atoms with E-state index >= 15 is 0 Å². The van der Waals surface area contributed by atoms with Gasteiger partial charge in [0.25, 0.3) is 0 Å². The van der Waals surface area contributed by atoms with E-state index in [0.717, 1.165) is 29.7 Å². The molecule has 1 heterocycles. The zero-order chi connectivity index (χ0) is 16.4. The number of fused-ring (bicyclic) bond motifs is 1. The molecule has 0 aliphatic carbocycles. The molecule has 0 aromatic heterocycles. The minimum absolute atomic E-state index is 0.159. The molecule has 0 unspecified atom stereocenters. The van der Waals surface area contributed by atoms with Crippen molar-refractivity contribution in [2.24, 2.45) is 0 Å². The first kappa shape index (κ1) is 16.2. The van der Waals surface area contributed by atoms with Crippen molar-refractivity contribution in [3.63, 3.8) is 0 Å².